The van der Waals surface area contributed by atoms with Gasteiger partial charge in [0.15, 0.2) is 5.54 Å². The van der Waals surface area contributed by atoms with E-state index in [0.29, 0.717) is 13.0 Å². The fourth-order valence-electron chi connectivity index (χ4n) is 3.06. The predicted octanol–water partition coefficient (Wildman–Crippen LogP) is 4.41. The van der Waals surface area contributed by atoms with Crippen molar-refractivity contribution < 1.29 is 19.4 Å². The first-order valence-electron chi connectivity index (χ1n) is 10.5. The fourth-order valence-corrected chi connectivity index (χ4v) is 3.06. The van der Waals surface area contributed by atoms with Gasteiger partial charge in [-0.25, -0.2) is 4.79 Å². The molecule has 0 spiro atoms. The summed E-state index contributed by atoms with van der Waals surface area (Å²) in [6, 6.07) is 20.0. The van der Waals surface area contributed by atoms with Crippen molar-refractivity contribution in [2.24, 2.45) is 0 Å². The maximum Gasteiger partial charge on any atom is 0.408 e. The Bertz CT molecular complexity index is 871. The fraction of sp³-hybridized carbons (Fsp3) is 0.440. The van der Waals surface area contributed by atoms with E-state index in [9.17, 15) is 15.2 Å². The molecular weight excluding hydrogens is 392 g/mol. The summed E-state index contributed by atoms with van der Waals surface area (Å²) in [5.41, 5.74) is 0.149. The second-order valence-corrected chi connectivity index (χ2v) is 8.56. The highest BCUT2D eigenvalue weighted by Gasteiger charge is 2.33. The van der Waals surface area contributed by atoms with E-state index in [2.05, 4.69) is 17.4 Å². The summed E-state index contributed by atoms with van der Waals surface area (Å²) in [4.78, 5) is 12.1. The minimum Gasteiger partial charge on any atom is -0.494 e. The van der Waals surface area contributed by atoms with Crippen LogP contribution < -0.4 is 10.1 Å². The molecule has 0 aliphatic rings. The standard InChI is InChI=1S/C25H32N2O4/c1-24(2,3)31-23(29)27-25(18-26,19-28)15-14-21-11-7-13-22(17-21)30-16-8-12-20-9-5-4-6-10-20/h4-7,9-11,13,17,28H,8,12,14-16,19H2,1-3H3,(H,27,29). The van der Waals surface area contributed by atoms with E-state index in [1.807, 2.05) is 48.5 Å². The third kappa shape index (κ3) is 8.69. The average Bonchev–Trinajstić information content (AvgIpc) is 2.74. The van der Waals surface area contributed by atoms with E-state index in [0.717, 1.165) is 24.2 Å². The lowest BCUT2D eigenvalue weighted by atomic mass is 9.93. The van der Waals surface area contributed by atoms with Crippen LogP contribution in [0.1, 0.15) is 44.7 Å². The molecule has 1 unspecified atom stereocenters. The Morgan fingerprint density at radius 1 is 1.06 bits per heavy atom. The van der Waals surface area contributed by atoms with E-state index in [1.165, 1.54) is 5.56 Å². The number of nitrogens with zero attached hydrogens (tertiary/aromatic N) is 1. The Kier molecular flexibility index (Phi) is 8.89. The van der Waals surface area contributed by atoms with Crippen molar-refractivity contribution in [3.8, 4) is 11.8 Å². The van der Waals surface area contributed by atoms with E-state index < -0.39 is 23.8 Å². The summed E-state index contributed by atoms with van der Waals surface area (Å²) >= 11 is 0. The van der Waals surface area contributed by atoms with Crippen LogP contribution in [0, 0.1) is 11.3 Å². The molecule has 0 bridgehead atoms. The van der Waals surface area contributed by atoms with Gasteiger partial charge in [0, 0.05) is 0 Å². The van der Waals surface area contributed by atoms with Gasteiger partial charge in [-0.2, -0.15) is 5.26 Å². The van der Waals surface area contributed by atoms with Crippen molar-refractivity contribution >= 4 is 6.09 Å². The Balaban J connectivity index is 1.88. The highest BCUT2D eigenvalue weighted by molar-refractivity contribution is 5.69. The number of ether oxygens (including phenoxy) is 2. The van der Waals surface area contributed by atoms with Gasteiger partial charge in [-0.3, -0.25) is 0 Å². The van der Waals surface area contributed by atoms with Gasteiger partial charge in [0.05, 0.1) is 19.3 Å². The minimum atomic E-state index is -1.41. The maximum atomic E-state index is 12.1. The van der Waals surface area contributed by atoms with Crippen LogP contribution in [-0.4, -0.2) is 35.6 Å². The molecule has 6 nitrogen and oxygen atoms in total. The molecule has 2 aromatic rings. The Morgan fingerprint density at radius 2 is 1.77 bits per heavy atom. The van der Waals surface area contributed by atoms with Crippen LogP contribution in [-0.2, 0) is 17.6 Å². The van der Waals surface area contributed by atoms with Gasteiger partial charge < -0.3 is 19.9 Å². The maximum absolute atomic E-state index is 12.1. The average molecular weight is 425 g/mol. The molecule has 2 aromatic carbocycles. The van der Waals surface area contributed by atoms with Crippen LogP contribution in [0.3, 0.4) is 0 Å². The number of hydrogen-bond acceptors (Lipinski definition) is 5. The first-order valence-corrected chi connectivity index (χ1v) is 10.5. The van der Waals surface area contributed by atoms with Gasteiger partial charge in [-0.05, 0) is 69.7 Å². The summed E-state index contributed by atoms with van der Waals surface area (Å²) < 4.78 is 11.1. The molecule has 6 heteroatoms. The van der Waals surface area contributed by atoms with Crippen molar-refractivity contribution in [1.82, 2.24) is 5.32 Å². The number of carbonyl (C=O) groups excluding carboxylic acids is 1. The van der Waals surface area contributed by atoms with E-state index in [4.69, 9.17) is 9.47 Å². The predicted molar refractivity (Wildman–Crippen MR) is 120 cm³/mol. The Hall–Kier alpha value is -3.04. The molecule has 0 saturated heterocycles. The zero-order chi connectivity index (χ0) is 22.7. The third-order valence-electron chi connectivity index (χ3n) is 4.68. The van der Waals surface area contributed by atoms with Crippen LogP contribution >= 0.6 is 0 Å². The minimum absolute atomic E-state index is 0.247. The normalized spacial score (nSPS) is 13.0. The number of hydrogen-bond donors (Lipinski definition) is 2. The zero-order valence-electron chi connectivity index (χ0n) is 18.6. The summed E-state index contributed by atoms with van der Waals surface area (Å²) in [6.07, 6.45) is 1.88. The molecule has 0 fully saturated rings. The lowest BCUT2D eigenvalue weighted by Gasteiger charge is -2.28. The topological polar surface area (TPSA) is 91.6 Å². The van der Waals surface area contributed by atoms with Crippen molar-refractivity contribution in [1.29, 1.82) is 5.26 Å². The quantitative estimate of drug-likeness (QED) is 0.551. The van der Waals surface area contributed by atoms with Crippen LogP contribution in [0.2, 0.25) is 0 Å². The van der Waals surface area contributed by atoms with Crippen molar-refractivity contribution in [3.63, 3.8) is 0 Å². The number of aliphatic hydroxyl groups excluding tert-OH is 1. The van der Waals surface area contributed by atoms with Crippen LogP contribution in [0.25, 0.3) is 0 Å². The van der Waals surface area contributed by atoms with Gasteiger partial charge in [-0.15, -0.1) is 0 Å². The van der Waals surface area contributed by atoms with Gasteiger partial charge in [0.2, 0.25) is 0 Å². The van der Waals surface area contributed by atoms with E-state index in [1.54, 1.807) is 20.8 Å². The lowest BCUT2D eigenvalue weighted by Crippen LogP contribution is -2.52. The summed E-state index contributed by atoms with van der Waals surface area (Å²) in [5.74, 6) is 0.761. The largest absolute Gasteiger partial charge is 0.494 e. The molecule has 0 aromatic heterocycles. The molecule has 0 aliphatic heterocycles. The number of amides is 1. The SMILES string of the molecule is CC(C)(C)OC(=O)NC(C#N)(CO)CCc1cccc(OCCCc2ccccc2)c1. The van der Waals surface area contributed by atoms with E-state index in [-0.39, 0.29) is 6.42 Å². The Labute approximate surface area is 184 Å². The molecule has 31 heavy (non-hydrogen) atoms. The van der Waals surface area contributed by atoms with Crippen LogP contribution in [0.15, 0.2) is 54.6 Å². The first-order chi connectivity index (χ1) is 14.8. The number of carbonyl (C=O) groups is 1. The number of aliphatic hydroxyl groups is 1. The number of nitrogens with one attached hydrogen (secondary N) is 1. The number of rotatable bonds is 10. The summed E-state index contributed by atoms with van der Waals surface area (Å²) in [5, 5.41) is 21.9. The Morgan fingerprint density at radius 3 is 2.42 bits per heavy atom. The zero-order valence-corrected chi connectivity index (χ0v) is 18.6. The first kappa shape index (κ1) is 24.2. The lowest BCUT2D eigenvalue weighted by molar-refractivity contribution is 0.0438. The smallest absolute Gasteiger partial charge is 0.408 e. The van der Waals surface area contributed by atoms with Gasteiger partial charge in [0.1, 0.15) is 11.4 Å². The molecule has 2 N–H and O–H groups in total. The number of alkyl carbamates (subject to hydrolysis) is 1. The molecule has 0 saturated carbocycles. The molecule has 0 heterocycles. The van der Waals surface area contributed by atoms with Gasteiger partial charge in [0.25, 0.3) is 0 Å². The van der Waals surface area contributed by atoms with Gasteiger partial charge >= 0.3 is 6.09 Å². The van der Waals surface area contributed by atoms with Crippen molar-refractivity contribution in [2.45, 2.75) is 57.6 Å². The van der Waals surface area contributed by atoms with Crippen molar-refractivity contribution in [2.75, 3.05) is 13.2 Å². The number of aryl methyl sites for hydroxylation is 2. The molecule has 2 rings (SSSR count). The second kappa shape index (κ2) is 11.4. The molecular formula is C25H32N2O4. The summed E-state index contributed by atoms with van der Waals surface area (Å²) in [7, 11) is 0. The van der Waals surface area contributed by atoms with E-state index >= 15 is 0 Å². The van der Waals surface area contributed by atoms with Crippen molar-refractivity contribution in [3.05, 3.63) is 65.7 Å². The number of benzene rings is 2. The van der Waals surface area contributed by atoms with Crippen LogP contribution in [0.5, 0.6) is 5.75 Å². The monoisotopic (exact) mass is 424 g/mol. The van der Waals surface area contributed by atoms with Gasteiger partial charge in [-0.1, -0.05) is 42.5 Å². The molecule has 0 aliphatic carbocycles. The molecule has 0 radical (unpaired) electrons. The third-order valence-corrected chi connectivity index (χ3v) is 4.68. The molecule has 1 atom stereocenters. The second-order valence-electron chi connectivity index (χ2n) is 8.56. The number of nitriles is 1. The van der Waals surface area contributed by atoms with Crippen LogP contribution in [0.4, 0.5) is 4.79 Å². The molecule has 166 valence electrons. The molecule has 1 amide bonds. The summed E-state index contributed by atoms with van der Waals surface area (Å²) in [6.45, 7) is 5.33. The highest BCUT2D eigenvalue weighted by atomic mass is 16.6. The highest BCUT2D eigenvalue weighted by Crippen LogP contribution is 2.19.